The molecule has 0 amide bonds. The van der Waals surface area contributed by atoms with Crippen LogP contribution in [0, 0.1) is 0 Å². The van der Waals surface area contributed by atoms with Crippen LogP contribution in [0.25, 0.3) is 11.2 Å². The Hall–Kier alpha value is -1.85. The van der Waals surface area contributed by atoms with E-state index in [4.69, 9.17) is 11.6 Å². The molecule has 0 aliphatic rings. The van der Waals surface area contributed by atoms with E-state index in [-0.39, 0.29) is 5.95 Å². The van der Waals surface area contributed by atoms with Crippen molar-refractivity contribution in [1.82, 2.24) is 19.6 Å². The number of nitrogen functional groups attached to an aromatic ring is 2. The monoisotopic (exact) mass is 150 g/mol. The smallest absolute Gasteiger partial charge is 0.222 e. The van der Waals surface area contributed by atoms with E-state index in [0.717, 1.165) is 0 Å². The number of fused-ring (bicyclic) bond motifs is 1. The molecule has 6 nitrogen and oxygen atoms in total. The second-order valence-electron chi connectivity index (χ2n) is 2.09. The number of anilines is 1. The maximum Gasteiger partial charge on any atom is 0.222 e. The molecule has 6 heteroatoms. The molecule has 2 heterocycles. The molecule has 0 aromatic carbocycles. The van der Waals surface area contributed by atoms with E-state index in [1.165, 1.54) is 17.2 Å². The summed E-state index contributed by atoms with van der Waals surface area (Å²) in [6.45, 7) is 0. The average Bonchev–Trinajstić information content (AvgIpc) is 2.32. The highest BCUT2D eigenvalue weighted by atomic mass is 15.3. The van der Waals surface area contributed by atoms with Gasteiger partial charge in [-0.05, 0) is 0 Å². The summed E-state index contributed by atoms with van der Waals surface area (Å²) < 4.78 is 1.34. The maximum atomic E-state index is 5.46. The molecule has 0 aliphatic heterocycles. The van der Waals surface area contributed by atoms with Crippen LogP contribution in [0.5, 0.6) is 0 Å². The van der Waals surface area contributed by atoms with Crippen LogP contribution < -0.4 is 11.6 Å². The highest BCUT2D eigenvalue weighted by molar-refractivity contribution is 5.70. The number of rotatable bonds is 0. The first-order valence-corrected chi connectivity index (χ1v) is 2.98. The molecule has 0 saturated heterocycles. The van der Waals surface area contributed by atoms with Gasteiger partial charge in [0.1, 0.15) is 11.8 Å². The molecule has 0 unspecified atom stereocenters. The molecule has 4 N–H and O–H groups in total. The molecule has 0 atom stereocenters. The van der Waals surface area contributed by atoms with E-state index in [1.54, 1.807) is 0 Å². The SMILES string of the molecule is Nc1ncc2c(ncn2N)n1. The number of nitrogens with two attached hydrogens (primary N) is 2. The van der Waals surface area contributed by atoms with Crippen LogP contribution >= 0.6 is 0 Å². The topological polar surface area (TPSA) is 95.6 Å². The molecule has 11 heavy (non-hydrogen) atoms. The number of nitrogens with zero attached hydrogens (tertiary/aromatic N) is 4. The Morgan fingerprint density at radius 2 is 2.18 bits per heavy atom. The first kappa shape index (κ1) is 5.90. The Morgan fingerprint density at radius 3 is 3.00 bits per heavy atom. The molecule has 0 bridgehead atoms. The Labute approximate surface area is 61.8 Å². The third-order valence-electron chi connectivity index (χ3n) is 1.35. The third-order valence-corrected chi connectivity index (χ3v) is 1.35. The highest BCUT2D eigenvalue weighted by Crippen LogP contribution is 2.05. The fraction of sp³-hybridized carbons (Fsp3) is 0. The second-order valence-corrected chi connectivity index (χ2v) is 2.09. The lowest BCUT2D eigenvalue weighted by atomic mass is 10.6. The lowest BCUT2D eigenvalue weighted by Gasteiger charge is -1.92. The number of aromatic nitrogens is 4. The quantitative estimate of drug-likeness (QED) is 0.475. The van der Waals surface area contributed by atoms with E-state index < -0.39 is 0 Å². The third kappa shape index (κ3) is 0.759. The molecular formula is C5H6N6. The first-order chi connectivity index (χ1) is 5.27. The second kappa shape index (κ2) is 1.82. The van der Waals surface area contributed by atoms with Gasteiger partial charge in [-0.25, -0.2) is 14.6 Å². The van der Waals surface area contributed by atoms with Gasteiger partial charge < -0.3 is 11.6 Å². The summed E-state index contributed by atoms with van der Waals surface area (Å²) in [4.78, 5) is 11.5. The van der Waals surface area contributed by atoms with Gasteiger partial charge in [-0.3, -0.25) is 0 Å². The van der Waals surface area contributed by atoms with Crippen LogP contribution in [0.3, 0.4) is 0 Å². The summed E-state index contributed by atoms with van der Waals surface area (Å²) >= 11 is 0. The summed E-state index contributed by atoms with van der Waals surface area (Å²) in [5.74, 6) is 5.66. The van der Waals surface area contributed by atoms with E-state index in [2.05, 4.69) is 15.0 Å². The van der Waals surface area contributed by atoms with Gasteiger partial charge >= 0.3 is 0 Å². The summed E-state index contributed by atoms with van der Waals surface area (Å²) in [6.07, 6.45) is 2.99. The Bertz CT molecular complexity index is 391. The first-order valence-electron chi connectivity index (χ1n) is 2.98. The zero-order valence-corrected chi connectivity index (χ0v) is 5.60. The minimum Gasteiger partial charge on any atom is -0.368 e. The lowest BCUT2D eigenvalue weighted by molar-refractivity contribution is 1.03. The molecule has 56 valence electrons. The van der Waals surface area contributed by atoms with Crippen LogP contribution in [0.15, 0.2) is 12.5 Å². The van der Waals surface area contributed by atoms with Crippen LogP contribution in [-0.4, -0.2) is 19.6 Å². The standard InChI is InChI=1S/C5H6N6/c6-5-8-1-3-4(10-5)9-2-11(3)7/h1-2H,7H2,(H2,6,8,10). The van der Waals surface area contributed by atoms with Crippen LogP contribution in [0.1, 0.15) is 0 Å². The van der Waals surface area contributed by atoms with Crippen molar-refractivity contribution in [2.75, 3.05) is 11.6 Å². The average molecular weight is 150 g/mol. The minimum absolute atomic E-state index is 0.205. The predicted octanol–water partition coefficient (Wildman–Crippen LogP) is -0.878. The summed E-state index contributed by atoms with van der Waals surface area (Å²) in [5, 5.41) is 0. The van der Waals surface area contributed by atoms with E-state index in [9.17, 15) is 0 Å². The number of hydrogen-bond acceptors (Lipinski definition) is 5. The number of imidazole rings is 1. The number of hydrogen-bond donors (Lipinski definition) is 2. The lowest BCUT2D eigenvalue weighted by Crippen LogP contribution is -2.05. The Balaban J connectivity index is 2.86. The van der Waals surface area contributed by atoms with Crippen molar-refractivity contribution in [3.05, 3.63) is 12.5 Å². The van der Waals surface area contributed by atoms with E-state index in [0.29, 0.717) is 11.2 Å². The van der Waals surface area contributed by atoms with Crippen molar-refractivity contribution in [1.29, 1.82) is 0 Å². The Kier molecular flexibility index (Phi) is 0.974. The molecule has 0 saturated carbocycles. The van der Waals surface area contributed by atoms with Crippen LogP contribution in [0.4, 0.5) is 5.95 Å². The van der Waals surface area contributed by atoms with Crippen molar-refractivity contribution in [2.45, 2.75) is 0 Å². The molecule has 0 spiro atoms. The Morgan fingerprint density at radius 1 is 1.36 bits per heavy atom. The highest BCUT2D eigenvalue weighted by Gasteiger charge is 2.00. The molecule has 0 fully saturated rings. The molecule has 2 rings (SSSR count). The summed E-state index contributed by atoms with van der Waals surface area (Å²) in [5.41, 5.74) is 6.50. The fourth-order valence-electron chi connectivity index (χ4n) is 0.836. The predicted molar refractivity (Wildman–Crippen MR) is 39.9 cm³/mol. The van der Waals surface area contributed by atoms with Gasteiger partial charge in [-0.2, -0.15) is 4.98 Å². The zero-order valence-electron chi connectivity index (χ0n) is 5.60. The van der Waals surface area contributed by atoms with Gasteiger partial charge in [0, 0.05) is 0 Å². The largest absolute Gasteiger partial charge is 0.368 e. The van der Waals surface area contributed by atoms with Gasteiger partial charge in [-0.1, -0.05) is 0 Å². The van der Waals surface area contributed by atoms with Crippen molar-refractivity contribution in [3.8, 4) is 0 Å². The van der Waals surface area contributed by atoms with Gasteiger partial charge in [0.15, 0.2) is 5.65 Å². The van der Waals surface area contributed by atoms with Crippen molar-refractivity contribution in [3.63, 3.8) is 0 Å². The summed E-state index contributed by atoms with van der Waals surface area (Å²) in [6, 6.07) is 0. The fourth-order valence-corrected chi connectivity index (χ4v) is 0.836. The maximum absolute atomic E-state index is 5.46. The van der Waals surface area contributed by atoms with Crippen LogP contribution in [0.2, 0.25) is 0 Å². The van der Waals surface area contributed by atoms with E-state index in [1.807, 2.05) is 0 Å². The zero-order chi connectivity index (χ0) is 7.84. The van der Waals surface area contributed by atoms with E-state index >= 15 is 0 Å². The summed E-state index contributed by atoms with van der Waals surface area (Å²) in [7, 11) is 0. The van der Waals surface area contributed by atoms with Crippen LogP contribution in [-0.2, 0) is 0 Å². The van der Waals surface area contributed by atoms with Crippen molar-refractivity contribution in [2.24, 2.45) is 0 Å². The van der Waals surface area contributed by atoms with Gasteiger partial charge in [0.05, 0.1) is 6.20 Å². The van der Waals surface area contributed by atoms with Crippen molar-refractivity contribution >= 4 is 17.1 Å². The molecule has 0 radical (unpaired) electrons. The van der Waals surface area contributed by atoms with Gasteiger partial charge in [0.2, 0.25) is 5.95 Å². The molecule has 0 aliphatic carbocycles. The van der Waals surface area contributed by atoms with Gasteiger partial charge in [0.25, 0.3) is 0 Å². The van der Waals surface area contributed by atoms with Gasteiger partial charge in [-0.15, -0.1) is 0 Å². The molecular weight excluding hydrogens is 144 g/mol. The molecule has 2 aromatic heterocycles. The molecule has 2 aromatic rings. The normalized spacial score (nSPS) is 10.5. The van der Waals surface area contributed by atoms with Crippen molar-refractivity contribution < 1.29 is 0 Å². The minimum atomic E-state index is 0.205.